The van der Waals surface area contributed by atoms with Crippen LogP contribution in [0.3, 0.4) is 0 Å². The monoisotopic (exact) mass is 753 g/mol. The number of aromatic nitrogens is 3. The summed E-state index contributed by atoms with van der Waals surface area (Å²) in [6.45, 7) is 7.08. The number of aryl methyl sites for hydroxylation is 1. The Kier molecular flexibility index (Phi) is 12.6. The highest BCUT2D eigenvalue weighted by Crippen LogP contribution is 2.29. The van der Waals surface area contributed by atoms with Crippen molar-refractivity contribution in [2.75, 3.05) is 6.54 Å². The molecule has 3 atom stereocenters. The van der Waals surface area contributed by atoms with Crippen LogP contribution in [0.2, 0.25) is 0 Å². The lowest BCUT2D eigenvalue weighted by Crippen LogP contribution is -2.54. The number of fused-ring (bicyclic) bond motifs is 2. The molecule has 0 bridgehead atoms. The number of sulfonamides is 1. The number of para-hydroxylation sites is 1. The lowest BCUT2D eigenvalue weighted by atomic mass is 10.0. The highest BCUT2D eigenvalue weighted by atomic mass is 32.2. The van der Waals surface area contributed by atoms with E-state index in [1.807, 2.05) is 19.9 Å². The average Bonchev–Trinajstić information content (AvgIpc) is 3.70. The van der Waals surface area contributed by atoms with Crippen LogP contribution in [0.1, 0.15) is 88.3 Å². The van der Waals surface area contributed by atoms with Crippen LogP contribution in [-0.4, -0.2) is 82.1 Å². The first-order valence-electron chi connectivity index (χ1n) is 17.8. The third-order valence-electron chi connectivity index (χ3n) is 8.98. The molecule has 2 fully saturated rings. The van der Waals surface area contributed by atoms with Crippen LogP contribution in [0.5, 0.6) is 5.88 Å². The number of nitrogens with zero attached hydrogens (tertiary/aromatic N) is 4. The smallest absolute Gasteiger partial charge is 0.281 e. The largest absolute Gasteiger partial charge is 0.471 e. The second-order valence-electron chi connectivity index (χ2n) is 12.9. The Labute approximate surface area is 306 Å². The maximum Gasteiger partial charge on any atom is 0.281 e. The van der Waals surface area contributed by atoms with Gasteiger partial charge in [0.05, 0.1) is 17.3 Å². The number of rotatable bonds is 7. The number of benzene rings is 1. The number of nitrogens with one attached hydrogen (secondary N) is 3. The van der Waals surface area contributed by atoms with Gasteiger partial charge in [0, 0.05) is 12.5 Å². The van der Waals surface area contributed by atoms with Crippen molar-refractivity contribution >= 4 is 44.7 Å². The van der Waals surface area contributed by atoms with Crippen LogP contribution in [0.15, 0.2) is 58.5 Å². The first-order valence-corrected chi connectivity index (χ1v) is 19.3. The molecular weight excluding hydrogens is 710 g/mol. The van der Waals surface area contributed by atoms with Gasteiger partial charge in [-0.15, -0.1) is 0 Å². The minimum atomic E-state index is -3.96. The number of halogens is 1. The van der Waals surface area contributed by atoms with Gasteiger partial charge in [-0.3, -0.25) is 19.2 Å². The van der Waals surface area contributed by atoms with Gasteiger partial charge in [0.2, 0.25) is 27.7 Å². The van der Waals surface area contributed by atoms with E-state index in [1.54, 1.807) is 26.0 Å². The molecule has 1 saturated heterocycles. The summed E-state index contributed by atoms with van der Waals surface area (Å²) >= 11 is 0. The fourth-order valence-corrected chi connectivity index (χ4v) is 7.38. The molecule has 17 heteroatoms. The molecule has 2 aromatic heterocycles. The molecule has 1 aliphatic carbocycles. The first kappa shape index (κ1) is 39.0. The summed E-state index contributed by atoms with van der Waals surface area (Å²) in [4.78, 5) is 64.9. The second kappa shape index (κ2) is 17.1. The van der Waals surface area contributed by atoms with E-state index in [0.29, 0.717) is 48.9 Å². The Bertz CT molecular complexity index is 2010. The van der Waals surface area contributed by atoms with Gasteiger partial charge in [0.25, 0.3) is 11.8 Å². The minimum absolute atomic E-state index is 0.00955. The highest BCUT2D eigenvalue weighted by Gasteiger charge is 2.44. The molecular formula is C36H44FN7O8S. The number of ether oxygens (including phenoxy) is 1. The van der Waals surface area contributed by atoms with Crippen molar-refractivity contribution in [3.05, 3.63) is 71.2 Å². The molecule has 53 heavy (non-hydrogen) atoms. The molecule has 4 heterocycles. The van der Waals surface area contributed by atoms with E-state index in [0.717, 1.165) is 6.42 Å². The normalized spacial score (nSPS) is 23.4. The fraction of sp³-hybridized carbons (Fsp3) is 0.472. The fourth-order valence-electron chi connectivity index (χ4n) is 6.09. The predicted molar refractivity (Wildman–Crippen MR) is 191 cm³/mol. The van der Waals surface area contributed by atoms with E-state index in [2.05, 4.69) is 30.5 Å². The van der Waals surface area contributed by atoms with Crippen LogP contribution >= 0.6 is 0 Å². The van der Waals surface area contributed by atoms with Crippen LogP contribution in [0.25, 0.3) is 11.0 Å². The zero-order valence-corrected chi connectivity index (χ0v) is 30.9. The molecule has 284 valence electrons. The number of allylic oxidation sites excluding steroid dienone is 3. The van der Waals surface area contributed by atoms with Crippen molar-refractivity contribution in [1.82, 2.24) is 35.4 Å². The van der Waals surface area contributed by atoms with Crippen molar-refractivity contribution in [2.24, 2.45) is 0 Å². The van der Waals surface area contributed by atoms with E-state index in [9.17, 15) is 32.0 Å². The standard InChI is InChI=1S/C34H38FN7O8S.C2H6/c1-19-9-6-4-3-5-7-11-26(37-30(43)25-15-16-49-40-25)34(46)42-18-21(50-33-20(2)36-24-12-8-10-23(35)29(24)39-33)17-27(42)31(44)38-28(19)32(45)41-51(47,48)22-13-14-22;1-2/h6,8-10,12,15-16,21-22,26-27H,3-5,7,11,13-14,17-18H2,1-2H3,(H,37,43)(H,38,44)(H,41,45);1-2H3/b9-6-,28-19+;/t21-,26+,27+;/m1./s1. The molecule has 3 aliphatic rings. The summed E-state index contributed by atoms with van der Waals surface area (Å²) in [6, 6.07) is 3.42. The van der Waals surface area contributed by atoms with Crippen LogP contribution in [-0.2, 0) is 24.4 Å². The van der Waals surface area contributed by atoms with Crippen molar-refractivity contribution in [2.45, 2.75) is 102 Å². The van der Waals surface area contributed by atoms with Gasteiger partial charge in [-0.2, -0.15) is 0 Å². The van der Waals surface area contributed by atoms with Gasteiger partial charge < -0.3 is 24.8 Å². The molecule has 15 nitrogen and oxygen atoms in total. The van der Waals surface area contributed by atoms with Gasteiger partial charge >= 0.3 is 0 Å². The second-order valence-corrected chi connectivity index (χ2v) is 14.8. The number of amides is 4. The SMILES string of the molecule is CC.CC1=C(/C(=O)NS(=O)(=O)C2CC2)NC(=O)[C@@H]2C[C@@H](Oc3nc4c(F)cccc4nc3C)CN2C(=O)[C@@H](NC(=O)c2ccon2)CCCCC/C=C\1. The van der Waals surface area contributed by atoms with Gasteiger partial charge in [0.15, 0.2) is 11.5 Å². The Morgan fingerprint density at radius 3 is 2.53 bits per heavy atom. The Balaban J connectivity index is 0.00000266. The lowest BCUT2D eigenvalue weighted by molar-refractivity contribution is -0.140. The van der Waals surface area contributed by atoms with E-state index >= 15 is 0 Å². The molecule has 4 amide bonds. The zero-order valence-electron chi connectivity index (χ0n) is 30.1. The predicted octanol–water partition coefficient (Wildman–Crippen LogP) is 3.76. The molecule has 1 aromatic carbocycles. The van der Waals surface area contributed by atoms with Crippen LogP contribution in [0.4, 0.5) is 4.39 Å². The van der Waals surface area contributed by atoms with Crippen LogP contribution < -0.4 is 20.1 Å². The van der Waals surface area contributed by atoms with Gasteiger partial charge in [-0.05, 0) is 63.7 Å². The van der Waals surface area contributed by atoms with Crippen molar-refractivity contribution in [3.63, 3.8) is 0 Å². The number of carbonyl (C=O) groups is 4. The minimum Gasteiger partial charge on any atom is -0.471 e. The summed E-state index contributed by atoms with van der Waals surface area (Å²) in [7, 11) is -3.96. The first-order chi connectivity index (χ1) is 25.4. The molecule has 0 spiro atoms. The molecule has 3 N–H and O–H groups in total. The van der Waals surface area contributed by atoms with E-state index in [-0.39, 0.29) is 42.2 Å². The maximum absolute atomic E-state index is 14.6. The van der Waals surface area contributed by atoms with Crippen molar-refractivity contribution in [1.29, 1.82) is 0 Å². The summed E-state index contributed by atoms with van der Waals surface area (Å²) in [5, 5.41) is 8.29. The number of hydrogen-bond acceptors (Lipinski definition) is 11. The van der Waals surface area contributed by atoms with Gasteiger partial charge in [-0.1, -0.05) is 50.1 Å². The van der Waals surface area contributed by atoms with E-state index in [1.165, 1.54) is 29.4 Å². The molecule has 2 aliphatic heterocycles. The number of hydrogen-bond donors (Lipinski definition) is 3. The summed E-state index contributed by atoms with van der Waals surface area (Å²) in [5.74, 6) is -3.60. The van der Waals surface area contributed by atoms with E-state index < -0.39 is 62.9 Å². The maximum atomic E-state index is 14.6. The summed E-state index contributed by atoms with van der Waals surface area (Å²) < 4.78 is 53.0. The molecule has 0 unspecified atom stereocenters. The topological polar surface area (TPSA) is 203 Å². The quantitative estimate of drug-likeness (QED) is 0.317. The lowest BCUT2D eigenvalue weighted by Gasteiger charge is -2.28. The average molecular weight is 754 g/mol. The van der Waals surface area contributed by atoms with Gasteiger partial charge in [-0.25, -0.2) is 27.5 Å². The molecule has 6 rings (SSSR count). The Hall–Kier alpha value is -5.19. The van der Waals surface area contributed by atoms with Crippen molar-refractivity contribution in [3.8, 4) is 5.88 Å². The number of carbonyl (C=O) groups excluding carboxylic acids is 4. The van der Waals surface area contributed by atoms with Crippen LogP contribution in [0, 0.1) is 12.7 Å². The molecule has 1 saturated carbocycles. The molecule has 0 radical (unpaired) electrons. The molecule has 3 aromatic rings. The summed E-state index contributed by atoms with van der Waals surface area (Å²) in [6.07, 6.45) is 7.47. The zero-order chi connectivity index (χ0) is 38.3. The summed E-state index contributed by atoms with van der Waals surface area (Å²) in [5.41, 5.74) is 0.663. The van der Waals surface area contributed by atoms with E-state index in [4.69, 9.17) is 9.26 Å². The Morgan fingerprint density at radius 1 is 1.04 bits per heavy atom. The van der Waals surface area contributed by atoms with Crippen molar-refractivity contribution < 1.29 is 41.2 Å². The van der Waals surface area contributed by atoms with Gasteiger partial charge in [0.1, 0.15) is 41.4 Å². The highest BCUT2D eigenvalue weighted by molar-refractivity contribution is 7.91. The third kappa shape index (κ3) is 9.43. The third-order valence-corrected chi connectivity index (χ3v) is 10.8. The Morgan fingerprint density at radius 2 is 1.81 bits per heavy atom.